The summed E-state index contributed by atoms with van der Waals surface area (Å²) in [5.74, 6) is -0.324. The molecule has 0 aliphatic heterocycles. The average Bonchev–Trinajstić information content (AvgIpc) is 3.75. The van der Waals surface area contributed by atoms with Crippen LogP contribution >= 0.6 is 11.8 Å². The smallest absolute Gasteiger partial charge is 0.338 e. The van der Waals surface area contributed by atoms with Crippen LogP contribution in [0.25, 0.3) is 0 Å². The number of unbranched alkanes of at least 4 members (excludes halogenated alkanes) is 1. The van der Waals surface area contributed by atoms with Gasteiger partial charge < -0.3 is 15.4 Å². The van der Waals surface area contributed by atoms with Crippen molar-refractivity contribution in [3.63, 3.8) is 0 Å². The van der Waals surface area contributed by atoms with Gasteiger partial charge in [-0.3, -0.25) is 9.59 Å². The Bertz CT molecular complexity index is 1180. The number of hydrogen-bond acceptors (Lipinski definition) is 5. The molecule has 1 atom stereocenters. The van der Waals surface area contributed by atoms with Crippen molar-refractivity contribution < 1.29 is 19.1 Å². The molecule has 1 aliphatic rings. The number of thioether (sulfide) groups is 1. The maximum Gasteiger partial charge on any atom is 0.338 e. The Hall–Kier alpha value is -3.58. The molecule has 4 rings (SSSR count). The highest BCUT2D eigenvalue weighted by Gasteiger charge is 2.29. The number of hydrogen-bond donors (Lipinski definition) is 2. The van der Waals surface area contributed by atoms with Crippen LogP contribution in [0.5, 0.6) is 0 Å². The van der Waals surface area contributed by atoms with Crippen LogP contribution in [0.4, 0.5) is 11.4 Å². The van der Waals surface area contributed by atoms with E-state index < -0.39 is 5.25 Å². The molecule has 1 aliphatic carbocycles. The van der Waals surface area contributed by atoms with Crippen LogP contribution in [0.2, 0.25) is 0 Å². The Labute approximate surface area is 215 Å². The van der Waals surface area contributed by atoms with Crippen LogP contribution in [-0.4, -0.2) is 24.4 Å². The van der Waals surface area contributed by atoms with E-state index in [0.717, 1.165) is 41.8 Å². The first-order valence-corrected chi connectivity index (χ1v) is 13.1. The molecule has 0 aromatic heterocycles. The van der Waals surface area contributed by atoms with Crippen LogP contribution in [0.15, 0.2) is 83.8 Å². The van der Waals surface area contributed by atoms with Crippen LogP contribution in [-0.2, 0) is 14.3 Å². The highest BCUT2D eigenvalue weighted by atomic mass is 32.2. The number of rotatable bonds is 11. The molecule has 0 heterocycles. The minimum absolute atomic E-state index is 0.0668. The first-order valence-electron chi connectivity index (χ1n) is 12.2. The zero-order valence-electron chi connectivity index (χ0n) is 20.2. The van der Waals surface area contributed by atoms with Crippen LogP contribution < -0.4 is 10.6 Å². The van der Waals surface area contributed by atoms with Gasteiger partial charge >= 0.3 is 5.97 Å². The molecule has 1 fully saturated rings. The second-order valence-electron chi connectivity index (χ2n) is 8.75. The monoisotopic (exact) mass is 502 g/mol. The van der Waals surface area contributed by atoms with E-state index in [-0.39, 0.29) is 23.7 Å². The number of esters is 1. The first kappa shape index (κ1) is 25.5. The Morgan fingerprint density at radius 2 is 1.53 bits per heavy atom. The second-order valence-corrected chi connectivity index (χ2v) is 9.93. The van der Waals surface area contributed by atoms with Crippen molar-refractivity contribution in [1.29, 1.82) is 0 Å². The molecule has 3 aromatic carbocycles. The molecule has 0 radical (unpaired) electrons. The van der Waals surface area contributed by atoms with Crippen molar-refractivity contribution in [2.45, 2.75) is 42.8 Å². The largest absolute Gasteiger partial charge is 0.462 e. The summed E-state index contributed by atoms with van der Waals surface area (Å²) < 4.78 is 5.24. The van der Waals surface area contributed by atoms with E-state index in [2.05, 4.69) is 10.6 Å². The second kappa shape index (κ2) is 12.4. The quantitative estimate of drug-likeness (QED) is 0.178. The first-order chi connectivity index (χ1) is 17.5. The molecule has 6 nitrogen and oxygen atoms in total. The van der Waals surface area contributed by atoms with Gasteiger partial charge in [0.1, 0.15) is 5.25 Å². The fourth-order valence-corrected chi connectivity index (χ4v) is 4.56. The molecule has 1 unspecified atom stereocenters. The number of nitrogens with one attached hydrogen (secondary N) is 2. The van der Waals surface area contributed by atoms with E-state index in [4.69, 9.17) is 4.74 Å². The molecule has 36 heavy (non-hydrogen) atoms. The van der Waals surface area contributed by atoms with Gasteiger partial charge in [-0.05, 0) is 73.4 Å². The lowest BCUT2D eigenvalue weighted by Gasteiger charge is -2.17. The maximum absolute atomic E-state index is 13.3. The molecular formula is C29H30N2O4S. The van der Waals surface area contributed by atoms with Crippen molar-refractivity contribution in [2.75, 3.05) is 17.2 Å². The number of ether oxygens (including phenoxy) is 1. The Morgan fingerprint density at radius 1 is 0.889 bits per heavy atom. The SMILES string of the molecule is CCCCOC(=O)c1ccc(NC(=O)C(Sc2ccc(NC(=O)C3CC3)cc2)c2ccccc2)cc1. The third-order valence-electron chi connectivity index (χ3n) is 5.78. The molecule has 2 N–H and O–H groups in total. The van der Waals surface area contributed by atoms with E-state index in [0.29, 0.717) is 17.9 Å². The van der Waals surface area contributed by atoms with Gasteiger partial charge in [0.2, 0.25) is 11.8 Å². The summed E-state index contributed by atoms with van der Waals surface area (Å²) in [6, 6.07) is 23.9. The van der Waals surface area contributed by atoms with Crippen LogP contribution in [0, 0.1) is 5.92 Å². The van der Waals surface area contributed by atoms with Gasteiger partial charge in [-0.2, -0.15) is 0 Å². The molecule has 0 spiro atoms. The molecule has 186 valence electrons. The van der Waals surface area contributed by atoms with Gasteiger partial charge in [-0.25, -0.2) is 4.79 Å². The summed E-state index contributed by atoms with van der Waals surface area (Å²) in [5.41, 5.74) is 2.68. The van der Waals surface area contributed by atoms with E-state index in [1.807, 2.05) is 61.5 Å². The molecule has 0 saturated heterocycles. The molecular weight excluding hydrogens is 472 g/mol. The molecule has 0 bridgehead atoms. The summed E-state index contributed by atoms with van der Waals surface area (Å²) in [4.78, 5) is 38.4. The lowest BCUT2D eigenvalue weighted by Crippen LogP contribution is -2.19. The number of carbonyl (C=O) groups excluding carboxylic acids is 3. The van der Waals surface area contributed by atoms with Gasteiger partial charge in [0, 0.05) is 22.2 Å². The summed E-state index contributed by atoms with van der Waals surface area (Å²) in [6.45, 7) is 2.44. The molecule has 3 aromatic rings. The Morgan fingerprint density at radius 3 is 2.17 bits per heavy atom. The van der Waals surface area contributed by atoms with Crippen molar-refractivity contribution >= 4 is 40.9 Å². The number of anilines is 2. The molecule has 2 amide bonds. The van der Waals surface area contributed by atoms with Gasteiger partial charge in [0.25, 0.3) is 0 Å². The van der Waals surface area contributed by atoms with Crippen LogP contribution in [0.1, 0.15) is 53.8 Å². The van der Waals surface area contributed by atoms with Crippen molar-refractivity contribution in [1.82, 2.24) is 0 Å². The normalized spacial score (nSPS) is 13.5. The zero-order valence-corrected chi connectivity index (χ0v) is 21.1. The van der Waals surface area contributed by atoms with E-state index in [9.17, 15) is 14.4 Å². The third kappa shape index (κ3) is 7.21. The van der Waals surface area contributed by atoms with Crippen molar-refractivity contribution in [3.8, 4) is 0 Å². The highest BCUT2D eigenvalue weighted by molar-refractivity contribution is 8.00. The van der Waals surface area contributed by atoms with Gasteiger partial charge in [0.05, 0.1) is 12.2 Å². The standard InChI is InChI=1S/C29H30N2O4S/c1-2-3-19-35-29(34)22-11-13-23(14-12-22)31-28(33)26(20-7-5-4-6-8-20)36-25-17-15-24(16-18-25)30-27(32)21-9-10-21/h4-8,11-18,21,26H,2-3,9-10,19H2,1H3,(H,30,32)(H,31,33). The lowest BCUT2D eigenvalue weighted by molar-refractivity contribution is -0.117. The molecule has 7 heteroatoms. The topological polar surface area (TPSA) is 84.5 Å². The van der Waals surface area contributed by atoms with Crippen LogP contribution in [0.3, 0.4) is 0 Å². The number of benzene rings is 3. The fraction of sp³-hybridized carbons (Fsp3) is 0.276. The van der Waals surface area contributed by atoms with E-state index in [1.165, 1.54) is 11.8 Å². The number of amides is 2. The Balaban J connectivity index is 1.42. The van der Waals surface area contributed by atoms with Crippen molar-refractivity contribution in [2.24, 2.45) is 5.92 Å². The minimum atomic E-state index is -0.489. The minimum Gasteiger partial charge on any atom is -0.462 e. The predicted molar refractivity (Wildman–Crippen MR) is 143 cm³/mol. The summed E-state index contributed by atoms with van der Waals surface area (Å²) in [5, 5.41) is 5.42. The van der Waals surface area contributed by atoms with Gasteiger partial charge in [0.15, 0.2) is 0 Å². The zero-order chi connectivity index (χ0) is 25.3. The summed E-state index contributed by atoms with van der Waals surface area (Å²) in [6.07, 6.45) is 3.70. The van der Waals surface area contributed by atoms with Crippen molar-refractivity contribution in [3.05, 3.63) is 90.0 Å². The summed E-state index contributed by atoms with van der Waals surface area (Å²) in [7, 11) is 0. The predicted octanol–water partition coefficient (Wildman–Crippen LogP) is 6.46. The lowest BCUT2D eigenvalue weighted by atomic mass is 10.1. The molecule has 1 saturated carbocycles. The maximum atomic E-state index is 13.3. The van der Waals surface area contributed by atoms with Gasteiger partial charge in [-0.1, -0.05) is 43.7 Å². The average molecular weight is 503 g/mol. The Kier molecular flexibility index (Phi) is 8.79. The number of carbonyl (C=O) groups is 3. The van der Waals surface area contributed by atoms with E-state index >= 15 is 0 Å². The third-order valence-corrected chi connectivity index (χ3v) is 7.05. The fourth-order valence-electron chi connectivity index (χ4n) is 3.53. The summed E-state index contributed by atoms with van der Waals surface area (Å²) >= 11 is 1.44. The van der Waals surface area contributed by atoms with E-state index in [1.54, 1.807) is 24.3 Å². The highest BCUT2D eigenvalue weighted by Crippen LogP contribution is 2.37. The van der Waals surface area contributed by atoms with Gasteiger partial charge in [-0.15, -0.1) is 11.8 Å².